The van der Waals surface area contributed by atoms with Crippen LogP contribution in [-0.4, -0.2) is 36.1 Å². The number of hydrogen-bond acceptors (Lipinski definition) is 5. The van der Waals surface area contributed by atoms with Crippen LogP contribution >= 0.6 is 0 Å². The largest absolute Gasteiger partial charge is 0.476 e. The maximum atomic E-state index is 5.55. The van der Waals surface area contributed by atoms with E-state index in [1.165, 1.54) is 12.8 Å². The second kappa shape index (κ2) is 5.14. The minimum atomic E-state index is 0.611. The van der Waals surface area contributed by atoms with Crippen LogP contribution in [0.1, 0.15) is 12.8 Å². The Morgan fingerprint density at radius 1 is 1.56 bits per heavy atom. The first-order valence-electron chi connectivity index (χ1n) is 5.56. The van der Waals surface area contributed by atoms with Crippen LogP contribution in [0.2, 0.25) is 0 Å². The number of anilines is 1. The molecule has 2 rings (SSSR count). The lowest BCUT2D eigenvalue weighted by atomic mass is 10.4. The topological polar surface area (TPSA) is 63.4 Å². The summed E-state index contributed by atoms with van der Waals surface area (Å²) in [5.41, 5.74) is 2.49. The summed E-state index contributed by atoms with van der Waals surface area (Å²) in [5.74, 6) is 6.50. The highest BCUT2D eigenvalue weighted by molar-refractivity contribution is 5.35. The molecule has 0 unspecified atom stereocenters. The molecule has 88 valence electrons. The third-order valence-electron chi connectivity index (χ3n) is 2.74. The Morgan fingerprint density at radius 3 is 3.06 bits per heavy atom. The predicted molar refractivity (Wildman–Crippen MR) is 63.2 cm³/mol. The average molecular weight is 222 g/mol. The van der Waals surface area contributed by atoms with Gasteiger partial charge in [0.1, 0.15) is 12.4 Å². The Bertz CT molecular complexity index is 341. The number of ether oxygens (including phenoxy) is 1. The van der Waals surface area contributed by atoms with Crippen molar-refractivity contribution in [2.45, 2.75) is 18.9 Å². The molecule has 1 aromatic heterocycles. The number of likely N-dealkylation sites (N-methyl/N-ethyl adjacent to an activating group) is 1. The molecule has 0 aromatic carbocycles. The van der Waals surface area contributed by atoms with Gasteiger partial charge in [-0.2, -0.15) is 4.98 Å². The third-order valence-corrected chi connectivity index (χ3v) is 2.74. The van der Waals surface area contributed by atoms with Crippen molar-refractivity contribution in [1.82, 2.24) is 9.88 Å². The van der Waals surface area contributed by atoms with Crippen molar-refractivity contribution in [3.05, 3.63) is 18.2 Å². The van der Waals surface area contributed by atoms with Crippen LogP contribution in [0.5, 0.6) is 5.88 Å². The first kappa shape index (κ1) is 11.2. The van der Waals surface area contributed by atoms with Gasteiger partial charge in [-0.1, -0.05) is 6.07 Å². The van der Waals surface area contributed by atoms with E-state index in [9.17, 15) is 0 Å². The monoisotopic (exact) mass is 222 g/mol. The van der Waals surface area contributed by atoms with Gasteiger partial charge in [0, 0.05) is 18.7 Å². The minimum absolute atomic E-state index is 0.611. The molecular formula is C11H18N4O. The van der Waals surface area contributed by atoms with Crippen LogP contribution in [0.3, 0.4) is 0 Å². The molecule has 16 heavy (non-hydrogen) atoms. The van der Waals surface area contributed by atoms with E-state index in [1.54, 1.807) is 6.07 Å². The first-order chi connectivity index (χ1) is 7.79. The van der Waals surface area contributed by atoms with Crippen LogP contribution in [0, 0.1) is 0 Å². The van der Waals surface area contributed by atoms with Gasteiger partial charge in [-0.15, -0.1) is 0 Å². The minimum Gasteiger partial charge on any atom is -0.476 e. The molecule has 0 spiro atoms. The van der Waals surface area contributed by atoms with Crippen molar-refractivity contribution in [1.29, 1.82) is 0 Å². The molecule has 1 heterocycles. The molecule has 1 saturated carbocycles. The van der Waals surface area contributed by atoms with Gasteiger partial charge in [-0.05, 0) is 26.0 Å². The molecule has 3 N–H and O–H groups in total. The Kier molecular flexibility index (Phi) is 3.58. The molecule has 0 atom stereocenters. The number of rotatable bonds is 6. The summed E-state index contributed by atoms with van der Waals surface area (Å²) in [6.07, 6.45) is 2.64. The van der Waals surface area contributed by atoms with E-state index in [0.717, 1.165) is 12.6 Å². The summed E-state index contributed by atoms with van der Waals surface area (Å²) in [5, 5.41) is 0. The van der Waals surface area contributed by atoms with E-state index in [4.69, 9.17) is 10.6 Å². The van der Waals surface area contributed by atoms with Gasteiger partial charge in [0.15, 0.2) is 0 Å². The van der Waals surface area contributed by atoms with Gasteiger partial charge in [0.2, 0.25) is 5.88 Å². The Labute approximate surface area is 95.6 Å². The summed E-state index contributed by atoms with van der Waals surface area (Å²) in [4.78, 5) is 6.50. The second-order valence-corrected chi connectivity index (χ2v) is 4.07. The molecule has 1 fully saturated rings. The predicted octanol–water partition coefficient (Wildman–Crippen LogP) is 0.840. The second-order valence-electron chi connectivity index (χ2n) is 4.07. The van der Waals surface area contributed by atoms with Gasteiger partial charge >= 0.3 is 0 Å². The number of nitrogens with one attached hydrogen (secondary N) is 1. The van der Waals surface area contributed by atoms with Crippen LogP contribution in [0.25, 0.3) is 0 Å². The molecule has 0 amide bonds. The van der Waals surface area contributed by atoms with Crippen molar-refractivity contribution in [3.8, 4) is 5.88 Å². The number of nitrogens with two attached hydrogens (primary N) is 1. The average Bonchev–Trinajstić information content (AvgIpc) is 3.13. The molecule has 0 bridgehead atoms. The van der Waals surface area contributed by atoms with Crippen LogP contribution < -0.4 is 16.0 Å². The summed E-state index contributed by atoms with van der Waals surface area (Å²) >= 11 is 0. The van der Waals surface area contributed by atoms with E-state index in [0.29, 0.717) is 18.3 Å². The lowest BCUT2D eigenvalue weighted by molar-refractivity contribution is 0.226. The van der Waals surface area contributed by atoms with Gasteiger partial charge in [-0.25, -0.2) is 5.84 Å². The molecule has 1 aliphatic carbocycles. The highest BCUT2D eigenvalue weighted by Gasteiger charge is 2.25. The van der Waals surface area contributed by atoms with Crippen molar-refractivity contribution < 1.29 is 4.74 Å². The number of nitrogen functional groups attached to an aromatic ring is 1. The number of aromatic nitrogens is 1. The molecule has 1 aromatic rings. The van der Waals surface area contributed by atoms with Crippen LogP contribution in [0.4, 0.5) is 5.82 Å². The normalized spacial score (nSPS) is 15.2. The zero-order chi connectivity index (χ0) is 11.4. The SMILES string of the molecule is CN(CCOc1cccc(NN)n1)C1CC1. The Morgan fingerprint density at radius 2 is 2.38 bits per heavy atom. The highest BCUT2D eigenvalue weighted by atomic mass is 16.5. The van der Waals surface area contributed by atoms with Crippen molar-refractivity contribution in [3.63, 3.8) is 0 Å². The fourth-order valence-corrected chi connectivity index (χ4v) is 1.57. The van der Waals surface area contributed by atoms with Crippen molar-refractivity contribution in [2.24, 2.45) is 5.84 Å². The van der Waals surface area contributed by atoms with E-state index in [1.807, 2.05) is 12.1 Å². The van der Waals surface area contributed by atoms with Crippen LogP contribution in [0.15, 0.2) is 18.2 Å². The number of hydrogen-bond donors (Lipinski definition) is 2. The molecule has 1 aliphatic rings. The van der Waals surface area contributed by atoms with Gasteiger partial charge in [-0.3, -0.25) is 0 Å². The van der Waals surface area contributed by atoms with Crippen molar-refractivity contribution >= 4 is 5.82 Å². The van der Waals surface area contributed by atoms with E-state index < -0.39 is 0 Å². The highest BCUT2D eigenvalue weighted by Crippen LogP contribution is 2.24. The van der Waals surface area contributed by atoms with Gasteiger partial charge < -0.3 is 15.1 Å². The number of hydrazine groups is 1. The first-order valence-corrected chi connectivity index (χ1v) is 5.56. The maximum Gasteiger partial charge on any atom is 0.215 e. The standard InChI is InChI=1S/C11H18N4O/c1-15(9-5-6-9)7-8-16-11-4-2-3-10(13-11)14-12/h2-4,9H,5-8,12H2,1H3,(H,13,14). The molecular weight excluding hydrogens is 204 g/mol. The summed E-state index contributed by atoms with van der Waals surface area (Å²) in [6.45, 7) is 1.60. The Balaban J connectivity index is 1.75. The summed E-state index contributed by atoms with van der Waals surface area (Å²) < 4.78 is 5.55. The lowest BCUT2D eigenvalue weighted by Crippen LogP contribution is -2.26. The van der Waals surface area contributed by atoms with Crippen LogP contribution in [-0.2, 0) is 0 Å². The van der Waals surface area contributed by atoms with Gasteiger partial charge in [0.25, 0.3) is 0 Å². The van der Waals surface area contributed by atoms with Gasteiger partial charge in [0.05, 0.1) is 0 Å². The molecule has 0 radical (unpaired) electrons. The zero-order valence-electron chi connectivity index (χ0n) is 9.52. The lowest BCUT2D eigenvalue weighted by Gasteiger charge is -2.15. The fourth-order valence-electron chi connectivity index (χ4n) is 1.57. The molecule has 0 aliphatic heterocycles. The van der Waals surface area contributed by atoms with E-state index >= 15 is 0 Å². The van der Waals surface area contributed by atoms with E-state index in [-0.39, 0.29) is 0 Å². The summed E-state index contributed by atoms with van der Waals surface area (Å²) in [7, 11) is 2.13. The smallest absolute Gasteiger partial charge is 0.215 e. The molecule has 5 nitrogen and oxygen atoms in total. The van der Waals surface area contributed by atoms with Crippen molar-refractivity contribution in [2.75, 3.05) is 25.6 Å². The quantitative estimate of drug-likeness (QED) is 0.551. The fraction of sp³-hybridized carbons (Fsp3) is 0.545. The zero-order valence-corrected chi connectivity index (χ0v) is 9.52. The summed E-state index contributed by atoms with van der Waals surface area (Å²) in [6, 6.07) is 6.26. The van der Waals surface area contributed by atoms with E-state index in [2.05, 4.69) is 22.4 Å². The number of nitrogens with zero attached hydrogens (tertiary/aromatic N) is 2. The molecule has 5 heteroatoms. The number of pyridine rings is 1. The molecule has 0 saturated heterocycles. The third kappa shape index (κ3) is 3.08. The maximum absolute atomic E-state index is 5.55. The Hall–Kier alpha value is -1.33.